The van der Waals surface area contributed by atoms with Crippen molar-refractivity contribution in [3.05, 3.63) is 100.0 Å². The monoisotopic (exact) mass is 671 g/mol. The summed E-state index contributed by atoms with van der Waals surface area (Å²) < 4.78 is 15.1. The zero-order chi connectivity index (χ0) is 34.2. The number of nitrogens with zero attached hydrogens (tertiary/aromatic N) is 2. The number of piperidine rings is 1. The topological polar surface area (TPSA) is 158 Å². The molecule has 2 saturated heterocycles. The van der Waals surface area contributed by atoms with Crippen molar-refractivity contribution in [3.8, 4) is 0 Å². The average molecular weight is 672 g/mol. The van der Waals surface area contributed by atoms with Crippen LogP contribution in [0.3, 0.4) is 0 Å². The summed E-state index contributed by atoms with van der Waals surface area (Å²) in [4.78, 5) is 42.0. The lowest BCUT2D eigenvalue weighted by molar-refractivity contribution is -0.253. The maximum Gasteiger partial charge on any atom is 0.326 e. The highest BCUT2D eigenvalue weighted by atomic mass is 16.7. The molecule has 2 amide bonds. The van der Waals surface area contributed by atoms with Gasteiger partial charge >= 0.3 is 5.69 Å². The molecule has 0 radical (unpaired) electrons. The van der Waals surface area contributed by atoms with Crippen LogP contribution in [-0.2, 0) is 25.7 Å². The molecule has 12 heteroatoms. The highest BCUT2D eigenvalue weighted by Gasteiger charge is 2.34. The molecule has 2 aliphatic rings. The second-order valence-corrected chi connectivity index (χ2v) is 13.0. The van der Waals surface area contributed by atoms with Gasteiger partial charge in [0.2, 0.25) is 11.8 Å². The van der Waals surface area contributed by atoms with Gasteiger partial charge < -0.3 is 29.8 Å². The third kappa shape index (κ3) is 8.83. The molecular formula is C37H45N5O7. The number of hydrogen-bond acceptors (Lipinski definition) is 8. The van der Waals surface area contributed by atoms with E-state index in [0.29, 0.717) is 37.8 Å². The van der Waals surface area contributed by atoms with E-state index in [1.807, 2.05) is 77.4 Å². The van der Waals surface area contributed by atoms with Crippen molar-refractivity contribution in [1.82, 2.24) is 19.9 Å². The summed E-state index contributed by atoms with van der Waals surface area (Å²) in [7, 11) is 0. The fourth-order valence-electron chi connectivity index (χ4n) is 6.91. The molecule has 6 rings (SSSR count). The van der Waals surface area contributed by atoms with Gasteiger partial charge in [-0.3, -0.25) is 19.4 Å². The molecule has 0 saturated carbocycles. The van der Waals surface area contributed by atoms with Gasteiger partial charge in [-0.2, -0.15) is 0 Å². The number of likely N-dealkylation sites (tertiary alicyclic amines) is 1. The summed E-state index contributed by atoms with van der Waals surface area (Å²) in [6, 6.07) is 23.3. The van der Waals surface area contributed by atoms with E-state index in [1.165, 1.54) is 0 Å². The van der Waals surface area contributed by atoms with E-state index < -0.39 is 12.2 Å². The number of benzene rings is 3. The van der Waals surface area contributed by atoms with E-state index >= 15 is 0 Å². The van der Waals surface area contributed by atoms with E-state index in [4.69, 9.17) is 14.7 Å². The molecule has 3 atom stereocenters. The molecule has 1 aromatic heterocycles. The molecule has 0 spiro atoms. The second kappa shape index (κ2) is 16.4. The summed E-state index contributed by atoms with van der Waals surface area (Å²) in [5.74, 6) is -0.545. The summed E-state index contributed by atoms with van der Waals surface area (Å²) >= 11 is 0. The Morgan fingerprint density at radius 3 is 2.39 bits per heavy atom. The van der Waals surface area contributed by atoms with Crippen LogP contribution in [0.15, 0.2) is 77.6 Å². The van der Waals surface area contributed by atoms with Gasteiger partial charge in [-0.15, -0.1) is 0 Å². The maximum absolute atomic E-state index is 12.8. The summed E-state index contributed by atoms with van der Waals surface area (Å²) in [6.07, 6.45) is 3.84. The third-order valence-corrected chi connectivity index (χ3v) is 9.50. The number of unbranched alkanes of at least 4 members (excludes halogenated alkanes) is 2. The number of nitrogens with one attached hydrogen (secondary N) is 3. The van der Waals surface area contributed by atoms with Gasteiger partial charge in [0.1, 0.15) is 0 Å². The highest BCUT2D eigenvalue weighted by molar-refractivity contribution is 5.90. The number of carbonyl (C=O) groups excluding carboxylic acids is 2. The minimum Gasteiger partial charge on any atom is -0.392 e. The van der Waals surface area contributed by atoms with Crippen LogP contribution < -0.4 is 16.5 Å². The van der Waals surface area contributed by atoms with Gasteiger partial charge in [0.25, 0.3) is 0 Å². The van der Waals surface area contributed by atoms with Gasteiger partial charge in [-0.05, 0) is 61.1 Å². The Labute approximate surface area is 285 Å². The van der Waals surface area contributed by atoms with Crippen molar-refractivity contribution in [1.29, 1.82) is 0 Å². The number of aliphatic hydroxyl groups is 1. The van der Waals surface area contributed by atoms with Gasteiger partial charge in [0.15, 0.2) is 6.29 Å². The molecular weight excluding hydrogens is 626 g/mol. The summed E-state index contributed by atoms with van der Waals surface area (Å²) in [5.41, 5.74) is 6.65. The number of H-pyrrole nitrogens is 1. The number of hydroxylamine groups is 1. The van der Waals surface area contributed by atoms with Crippen molar-refractivity contribution < 1.29 is 29.4 Å². The predicted octanol–water partition coefficient (Wildman–Crippen LogP) is 5.10. The van der Waals surface area contributed by atoms with Crippen LogP contribution in [0, 0.1) is 0 Å². The molecule has 3 heterocycles. The van der Waals surface area contributed by atoms with Crippen molar-refractivity contribution in [2.75, 3.05) is 25.0 Å². The Morgan fingerprint density at radius 2 is 1.63 bits per heavy atom. The number of aromatic nitrogens is 2. The predicted molar refractivity (Wildman–Crippen MR) is 184 cm³/mol. The largest absolute Gasteiger partial charge is 0.392 e. The number of hydrogen-bond donors (Lipinski definition) is 5. The standard InChI is InChI=1S/C37H45N5O7/c43-24-25-13-15-26(16-14-25)33-22-30(23-41-19-17-29(18-20-41)42-32-10-5-4-9-31(32)39-37(42)46)48-36(49-33)27-7-6-8-28(21-27)38-34(44)11-2-1-3-12-35(45)40-47/h4-10,13-16,21,29-30,33,36,43,47H,1-3,11-12,17-20,22-24H2,(H,38,44)(H,39,46)(H,40,45). The number of para-hydroxylation sites is 2. The fourth-order valence-corrected chi connectivity index (χ4v) is 6.91. The molecule has 12 nitrogen and oxygen atoms in total. The fraction of sp³-hybridized carbons (Fsp3) is 0.432. The Morgan fingerprint density at radius 1 is 0.878 bits per heavy atom. The molecule has 2 fully saturated rings. The van der Waals surface area contributed by atoms with Crippen LogP contribution in [0.5, 0.6) is 0 Å². The van der Waals surface area contributed by atoms with Crippen LogP contribution in [-0.4, -0.2) is 62.3 Å². The quantitative estimate of drug-likeness (QED) is 0.0747. The number of rotatable bonds is 13. The van der Waals surface area contributed by atoms with Crippen LogP contribution in [0.1, 0.15) is 86.5 Å². The summed E-state index contributed by atoms with van der Waals surface area (Å²) in [5, 5.41) is 21.1. The first-order valence-electron chi connectivity index (χ1n) is 17.1. The number of fused-ring (bicyclic) bond motifs is 1. The minimum absolute atomic E-state index is 0.0276. The number of carbonyl (C=O) groups is 2. The van der Waals surface area contributed by atoms with Crippen molar-refractivity contribution in [2.24, 2.45) is 0 Å². The normalized spacial score (nSPS) is 20.3. The number of aromatic amines is 1. The lowest BCUT2D eigenvalue weighted by atomic mass is 9.98. The number of ether oxygens (including phenoxy) is 2. The molecule has 0 aliphatic carbocycles. The maximum atomic E-state index is 12.8. The molecule has 0 bridgehead atoms. The molecule has 2 aliphatic heterocycles. The SMILES string of the molecule is O=C(CCCCCC(=O)Nc1cccc(C2OC(CN3CCC(n4c(=O)[nH]c5ccccc54)CC3)CC(c3ccc(CO)cc3)O2)c1)NO. The smallest absolute Gasteiger partial charge is 0.326 e. The van der Waals surface area contributed by atoms with Gasteiger partial charge in [0.05, 0.1) is 29.8 Å². The number of aliphatic hydroxyl groups excluding tert-OH is 1. The Balaban J connectivity index is 1.10. The van der Waals surface area contributed by atoms with Crippen molar-refractivity contribution in [3.63, 3.8) is 0 Å². The number of imidazole rings is 1. The van der Waals surface area contributed by atoms with E-state index in [-0.39, 0.29) is 42.9 Å². The first-order valence-corrected chi connectivity index (χ1v) is 17.1. The third-order valence-electron chi connectivity index (χ3n) is 9.50. The summed E-state index contributed by atoms with van der Waals surface area (Å²) in [6.45, 7) is 2.37. The van der Waals surface area contributed by atoms with Gasteiger partial charge in [0, 0.05) is 56.2 Å². The Kier molecular flexibility index (Phi) is 11.5. The molecule has 3 aromatic carbocycles. The molecule has 3 unspecified atom stereocenters. The Bertz CT molecular complexity index is 1760. The highest BCUT2D eigenvalue weighted by Crippen LogP contribution is 2.39. The second-order valence-electron chi connectivity index (χ2n) is 13.0. The molecule has 49 heavy (non-hydrogen) atoms. The zero-order valence-corrected chi connectivity index (χ0v) is 27.6. The van der Waals surface area contributed by atoms with E-state index in [2.05, 4.69) is 15.2 Å². The first kappa shape index (κ1) is 34.5. The van der Waals surface area contributed by atoms with Crippen LogP contribution in [0.4, 0.5) is 5.69 Å². The lowest BCUT2D eigenvalue weighted by Crippen LogP contribution is -2.43. The van der Waals surface area contributed by atoms with Crippen molar-refractivity contribution in [2.45, 2.75) is 82.5 Å². The number of amides is 2. The van der Waals surface area contributed by atoms with Gasteiger partial charge in [-0.25, -0.2) is 10.3 Å². The number of anilines is 1. The van der Waals surface area contributed by atoms with E-state index in [0.717, 1.165) is 60.2 Å². The molecule has 5 N–H and O–H groups in total. The first-order chi connectivity index (χ1) is 23.9. The molecule has 4 aromatic rings. The van der Waals surface area contributed by atoms with Crippen LogP contribution in [0.25, 0.3) is 11.0 Å². The van der Waals surface area contributed by atoms with Crippen LogP contribution >= 0.6 is 0 Å². The molecule has 260 valence electrons. The van der Waals surface area contributed by atoms with E-state index in [9.17, 15) is 19.5 Å². The lowest BCUT2D eigenvalue weighted by Gasteiger charge is -2.40. The van der Waals surface area contributed by atoms with E-state index in [1.54, 1.807) is 5.48 Å². The van der Waals surface area contributed by atoms with Crippen LogP contribution in [0.2, 0.25) is 0 Å². The average Bonchev–Trinajstić information content (AvgIpc) is 3.47. The Hall–Kier alpha value is -4.33. The van der Waals surface area contributed by atoms with Crippen molar-refractivity contribution >= 4 is 28.5 Å². The zero-order valence-electron chi connectivity index (χ0n) is 27.6. The minimum atomic E-state index is -0.655. The van der Waals surface area contributed by atoms with Gasteiger partial charge in [-0.1, -0.05) is 55.0 Å².